The summed E-state index contributed by atoms with van der Waals surface area (Å²) >= 11 is 0. The van der Waals surface area contributed by atoms with Gasteiger partial charge >= 0.3 is 10.2 Å². The average molecular weight is 216 g/mol. The van der Waals surface area contributed by atoms with Gasteiger partial charge in [0.1, 0.15) is 5.75 Å². The zero-order valence-electron chi connectivity index (χ0n) is 7.48. The number of ether oxygens (including phenoxy) is 1. The van der Waals surface area contributed by atoms with Crippen molar-refractivity contribution >= 4 is 16.3 Å². The van der Waals surface area contributed by atoms with E-state index in [4.69, 9.17) is 4.74 Å². The first-order valence-electron chi connectivity index (χ1n) is 3.78. The minimum Gasteiger partial charge on any atom is -0.497 e. The van der Waals surface area contributed by atoms with E-state index in [1.165, 1.54) is 7.11 Å². The van der Waals surface area contributed by atoms with Crippen LogP contribution in [-0.4, -0.2) is 15.5 Å². The van der Waals surface area contributed by atoms with Crippen molar-refractivity contribution in [3.05, 3.63) is 35.2 Å². The maximum atomic E-state index is 12.1. The number of halogens is 1. The fourth-order valence-electron chi connectivity index (χ4n) is 0.905. The van der Waals surface area contributed by atoms with Gasteiger partial charge in [-0.2, -0.15) is 8.42 Å². The Kier molecular flexibility index (Phi) is 3.24. The first-order chi connectivity index (χ1) is 6.51. The Morgan fingerprint density at radius 2 is 2.14 bits per heavy atom. The molecule has 0 N–H and O–H groups in total. The highest BCUT2D eigenvalue weighted by Gasteiger charge is 1.99. The van der Waals surface area contributed by atoms with Crippen molar-refractivity contribution in [3.63, 3.8) is 0 Å². The van der Waals surface area contributed by atoms with Crippen molar-refractivity contribution < 1.29 is 17.0 Å². The van der Waals surface area contributed by atoms with E-state index < -0.39 is 10.2 Å². The van der Waals surface area contributed by atoms with Gasteiger partial charge in [0.15, 0.2) is 0 Å². The standard InChI is InChI=1S/C9H9FO3S/c1-13-9-4-2-3-8(7-9)5-6-14(10,11)12/h2-7H,1H3/b6-5+. The lowest BCUT2D eigenvalue weighted by molar-refractivity contribution is 0.414. The van der Waals surface area contributed by atoms with Crippen LogP contribution in [0.15, 0.2) is 29.7 Å². The van der Waals surface area contributed by atoms with Gasteiger partial charge in [0, 0.05) is 0 Å². The predicted octanol–water partition coefficient (Wildman–Crippen LogP) is 1.97. The third kappa shape index (κ3) is 3.57. The third-order valence-corrected chi connectivity index (χ3v) is 1.98. The van der Waals surface area contributed by atoms with E-state index in [-0.39, 0.29) is 0 Å². The van der Waals surface area contributed by atoms with Crippen molar-refractivity contribution in [1.82, 2.24) is 0 Å². The van der Waals surface area contributed by atoms with Gasteiger partial charge in [-0.05, 0) is 23.8 Å². The van der Waals surface area contributed by atoms with Crippen LogP contribution in [0.5, 0.6) is 5.75 Å². The van der Waals surface area contributed by atoms with Crippen LogP contribution < -0.4 is 4.74 Å². The van der Waals surface area contributed by atoms with Gasteiger partial charge in [-0.15, -0.1) is 3.89 Å². The van der Waals surface area contributed by atoms with E-state index in [1.54, 1.807) is 24.3 Å². The average Bonchev–Trinajstić information content (AvgIpc) is 2.14. The van der Waals surface area contributed by atoms with Crippen LogP contribution in [0.3, 0.4) is 0 Å². The van der Waals surface area contributed by atoms with Crippen molar-refractivity contribution in [3.8, 4) is 5.75 Å². The maximum absolute atomic E-state index is 12.1. The normalized spacial score (nSPS) is 11.9. The Hall–Kier alpha value is -1.36. The molecule has 5 heteroatoms. The third-order valence-electron chi connectivity index (χ3n) is 1.52. The highest BCUT2D eigenvalue weighted by Crippen LogP contribution is 2.14. The molecule has 1 rings (SSSR count). The molecule has 0 aromatic heterocycles. The van der Waals surface area contributed by atoms with Crippen LogP contribution in [0, 0.1) is 0 Å². The first-order valence-corrected chi connectivity index (χ1v) is 5.23. The van der Waals surface area contributed by atoms with Crippen molar-refractivity contribution in [2.75, 3.05) is 7.11 Å². The van der Waals surface area contributed by atoms with Crippen LogP contribution >= 0.6 is 0 Å². The van der Waals surface area contributed by atoms with Gasteiger partial charge in [-0.3, -0.25) is 0 Å². The molecule has 0 radical (unpaired) electrons. The Morgan fingerprint density at radius 1 is 1.43 bits per heavy atom. The van der Waals surface area contributed by atoms with E-state index >= 15 is 0 Å². The van der Waals surface area contributed by atoms with E-state index in [1.807, 2.05) is 0 Å². The molecule has 14 heavy (non-hydrogen) atoms. The highest BCUT2D eigenvalue weighted by atomic mass is 32.3. The second-order valence-corrected chi connectivity index (χ2v) is 3.78. The van der Waals surface area contributed by atoms with Gasteiger partial charge < -0.3 is 4.74 Å². The lowest BCUT2D eigenvalue weighted by atomic mass is 10.2. The van der Waals surface area contributed by atoms with Crippen LogP contribution in [0.1, 0.15) is 5.56 Å². The van der Waals surface area contributed by atoms with Gasteiger partial charge in [0.05, 0.1) is 12.5 Å². The lowest BCUT2D eigenvalue weighted by Crippen LogP contribution is -1.84. The number of benzene rings is 1. The fourth-order valence-corrected chi connectivity index (χ4v) is 1.22. The zero-order chi connectivity index (χ0) is 10.6. The summed E-state index contributed by atoms with van der Waals surface area (Å²) in [5.74, 6) is 0.586. The monoisotopic (exact) mass is 216 g/mol. The van der Waals surface area contributed by atoms with Crippen molar-refractivity contribution in [1.29, 1.82) is 0 Å². The van der Waals surface area contributed by atoms with E-state index in [9.17, 15) is 12.3 Å². The Balaban J connectivity index is 2.93. The molecule has 0 saturated carbocycles. The molecular weight excluding hydrogens is 207 g/mol. The van der Waals surface area contributed by atoms with Crippen LogP contribution in [-0.2, 0) is 10.2 Å². The first kappa shape index (κ1) is 10.7. The molecule has 0 aliphatic rings. The fraction of sp³-hybridized carbons (Fsp3) is 0.111. The minimum absolute atomic E-state index is 0.502. The summed E-state index contributed by atoms with van der Waals surface area (Å²) in [6, 6.07) is 6.64. The summed E-state index contributed by atoms with van der Waals surface area (Å²) < 4.78 is 37.4. The van der Waals surface area contributed by atoms with Crippen LogP contribution in [0.4, 0.5) is 3.89 Å². The van der Waals surface area contributed by atoms with Gasteiger partial charge in [0.25, 0.3) is 0 Å². The SMILES string of the molecule is COc1cccc(/C=C/S(=O)(=O)F)c1. The molecule has 0 amide bonds. The summed E-state index contributed by atoms with van der Waals surface area (Å²) in [7, 11) is -3.07. The summed E-state index contributed by atoms with van der Waals surface area (Å²) in [6.07, 6.45) is 1.16. The van der Waals surface area contributed by atoms with E-state index in [0.717, 1.165) is 6.08 Å². The molecule has 0 saturated heterocycles. The van der Waals surface area contributed by atoms with Gasteiger partial charge in [0.2, 0.25) is 0 Å². The second-order valence-electron chi connectivity index (χ2n) is 2.55. The maximum Gasteiger partial charge on any atom is 0.325 e. The number of rotatable bonds is 3. The van der Waals surface area contributed by atoms with Gasteiger partial charge in [-0.25, -0.2) is 0 Å². The summed E-state index contributed by atoms with van der Waals surface area (Å²) in [5.41, 5.74) is 0.561. The molecule has 0 spiro atoms. The molecule has 0 fully saturated rings. The molecule has 1 aromatic carbocycles. The molecule has 0 heterocycles. The molecule has 76 valence electrons. The molecule has 0 unspecified atom stereocenters. The largest absolute Gasteiger partial charge is 0.497 e. The highest BCUT2D eigenvalue weighted by molar-refractivity contribution is 7.89. The smallest absolute Gasteiger partial charge is 0.325 e. The van der Waals surface area contributed by atoms with Crippen LogP contribution in [0.2, 0.25) is 0 Å². The second kappa shape index (κ2) is 4.23. The number of methoxy groups -OCH3 is 1. The number of hydrogen-bond acceptors (Lipinski definition) is 3. The molecule has 3 nitrogen and oxygen atoms in total. The Labute approximate surface area is 82.0 Å². The number of hydrogen-bond donors (Lipinski definition) is 0. The lowest BCUT2D eigenvalue weighted by Gasteiger charge is -1.99. The van der Waals surface area contributed by atoms with Crippen molar-refractivity contribution in [2.45, 2.75) is 0 Å². The quantitative estimate of drug-likeness (QED) is 0.725. The molecule has 1 aromatic rings. The van der Waals surface area contributed by atoms with E-state index in [0.29, 0.717) is 16.7 Å². The molecule has 0 aliphatic heterocycles. The molecule has 0 aliphatic carbocycles. The Morgan fingerprint density at radius 3 is 2.71 bits per heavy atom. The van der Waals surface area contributed by atoms with Crippen molar-refractivity contribution in [2.24, 2.45) is 0 Å². The van der Waals surface area contributed by atoms with Crippen LogP contribution in [0.25, 0.3) is 6.08 Å². The molecular formula is C9H9FO3S. The minimum atomic E-state index is -4.56. The predicted molar refractivity (Wildman–Crippen MR) is 52.1 cm³/mol. The summed E-state index contributed by atoms with van der Waals surface area (Å²) in [6.45, 7) is 0. The topological polar surface area (TPSA) is 43.4 Å². The molecule has 0 bridgehead atoms. The summed E-state index contributed by atoms with van der Waals surface area (Å²) in [4.78, 5) is 0. The van der Waals surface area contributed by atoms with Gasteiger partial charge in [-0.1, -0.05) is 12.1 Å². The zero-order valence-corrected chi connectivity index (χ0v) is 8.29. The van der Waals surface area contributed by atoms with E-state index in [2.05, 4.69) is 0 Å². The summed E-state index contributed by atoms with van der Waals surface area (Å²) in [5, 5.41) is 0.502. The molecule has 0 atom stereocenters. The Bertz CT molecular complexity index is 437.